The highest BCUT2D eigenvalue weighted by molar-refractivity contribution is 14.1. The molecule has 6 heteroatoms. The molecule has 1 aromatic heterocycles. The Labute approximate surface area is 129 Å². The number of aromatic amines is 1. The lowest BCUT2D eigenvalue weighted by molar-refractivity contribution is 0.404. The number of halogens is 1. The highest BCUT2D eigenvalue weighted by Crippen LogP contribution is 2.30. The van der Waals surface area contributed by atoms with Gasteiger partial charge in [-0.15, -0.1) is 0 Å². The van der Waals surface area contributed by atoms with E-state index in [4.69, 9.17) is 0 Å². The minimum atomic E-state index is -0.265. The first-order valence-corrected chi connectivity index (χ1v) is 7.10. The van der Waals surface area contributed by atoms with E-state index in [9.17, 15) is 15.0 Å². The van der Waals surface area contributed by atoms with E-state index in [1.165, 1.54) is 12.1 Å². The lowest BCUT2D eigenvalue weighted by Crippen LogP contribution is -2.24. The molecule has 1 heterocycles. The van der Waals surface area contributed by atoms with E-state index in [1.807, 2.05) is 43.4 Å². The average molecular weight is 386 g/mol. The summed E-state index contributed by atoms with van der Waals surface area (Å²) in [6.07, 6.45) is 0. The van der Waals surface area contributed by atoms with Crippen LogP contribution >= 0.6 is 22.6 Å². The Hall–Kier alpha value is -1.57. The van der Waals surface area contributed by atoms with Gasteiger partial charge in [-0.3, -0.25) is 4.79 Å². The van der Waals surface area contributed by atoms with Crippen molar-refractivity contribution >= 4 is 22.6 Å². The Bertz CT molecular complexity index is 717. The molecular formula is C14H15IN2O3. The number of nitrogens with zero attached hydrogens (tertiary/aromatic N) is 1. The summed E-state index contributed by atoms with van der Waals surface area (Å²) in [6.45, 7) is 5.94. The van der Waals surface area contributed by atoms with Gasteiger partial charge in [0, 0.05) is 11.0 Å². The van der Waals surface area contributed by atoms with Crippen LogP contribution in [0, 0.1) is 3.57 Å². The third-order valence-electron chi connectivity index (χ3n) is 2.82. The van der Waals surface area contributed by atoms with Gasteiger partial charge in [0.2, 0.25) is 0 Å². The lowest BCUT2D eigenvalue weighted by atomic mass is 9.92. The molecule has 20 heavy (non-hydrogen) atoms. The molecule has 0 saturated carbocycles. The molecule has 0 spiro atoms. The highest BCUT2D eigenvalue weighted by atomic mass is 127. The van der Waals surface area contributed by atoms with E-state index in [1.54, 1.807) is 6.07 Å². The summed E-state index contributed by atoms with van der Waals surface area (Å²) in [6, 6.07) is 4.32. The third kappa shape index (κ3) is 2.79. The Morgan fingerprint density at radius 2 is 1.85 bits per heavy atom. The predicted octanol–water partition coefficient (Wildman–Crippen LogP) is 2.75. The topological polar surface area (TPSA) is 86.2 Å². The van der Waals surface area contributed by atoms with E-state index in [-0.39, 0.29) is 22.5 Å². The van der Waals surface area contributed by atoms with Crippen LogP contribution in [-0.2, 0) is 5.41 Å². The van der Waals surface area contributed by atoms with Crippen molar-refractivity contribution in [2.75, 3.05) is 0 Å². The zero-order valence-corrected chi connectivity index (χ0v) is 13.5. The number of benzene rings is 1. The van der Waals surface area contributed by atoms with Gasteiger partial charge in [-0.1, -0.05) is 20.8 Å². The normalized spacial score (nSPS) is 11.6. The molecule has 0 unspecified atom stereocenters. The van der Waals surface area contributed by atoms with Gasteiger partial charge in [0.25, 0.3) is 5.56 Å². The number of nitrogens with one attached hydrogen (secondary N) is 1. The van der Waals surface area contributed by atoms with Gasteiger partial charge < -0.3 is 15.2 Å². The summed E-state index contributed by atoms with van der Waals surface area (Å²) in [5.41, 5.74) is 0.759. The van der Waals surface area contributed by atoms with Crippen LogP contribution in [0.25, 0.3) is 11.4 Å². The Kier molecular flexibility index (Phi) is 3.77. The molecule has 2 aromatic rings. The Balaban J connectivity index is 2.67. The second-order valence-corrected chi connectivity index (χ2v) is 6.61. The molecule has 0 radical (unpaired) electrons. The first-order valence-electron chi connectivity index (χ1n) is 6.03. The first-order chi connectivity index (χ1) is 9.20. The lowest BCUT2D eigenvalue weighted by Gasteiger charge is -2.19. The number of rotatable bonds is 1. The van der Waals surface area contributed by atoms with Crippen LogP contribution in [0.4, 0.5) is 0 Å². The quantitative estimate of drug-likeness (QED) is 0.520. The highest BCUT2D eigenvalue weighted by Gasteiger charge is 2.22. The summed E-state index contributed by atoms with van der Waals surface area (Å²) >= 11 is 1.98. The number of hydrogen-bond acceptors (Lipinski definition) is 4. The number of H-pyrrole nitrogens is 1. The Morgan fingerprint density at radius 3 is 2.40 bits per heavy atom. The molecule has 3 N–H and O–H groups in total. The van der Waals surface area contributed by atoms with E-state index >= 15 is 0 Å². The fourth-order valence-electron chi connectivity index (χ4n) is 1.76. The van der Waals surface area contributed by atoms with Gasteiger partial charge in [0.15, 0.2) is 11.5 Å². The van der Waals surface area contributed by atoms with Crippen LogP contribution in [0.1, 0.15) is 26.5 Å². The van der Waals surface area contributed by atoms with Crippen LogP contribution in [0.2, 0.25) is 0 Å². The van der Waals surface area contributed by atoms with Crippen molar-refractivity contribution in [3.8, 4) is 22.9 Å². The maximum Gasteiger partial charge on any atom is 0.264 e. The van der Waals surface area contributed by atoms with Crippen molar-refractivity contribution in [1.82, 2.24) is 9.97 Å². The van der Waals surface area contributed by atoms with Gasteiger partial charge in [-0.25, -0.2) is 4.98 Å². The molecule has 0 bridgehead atoms. The van der Waals surface area contributed by atoms with E-state index in [0.717, 1.165) is 0 Å². The van der Waals surface area contributed by atoms with Crippen LogP contribution in [-0.4, -0.2) is 20.2 Å². The monoisotopic (exact) mass is 386 g/mol. The summed E-state index contributed by atoms with van der Waals surface area (Å²) in [7, 11) is 0. The smallest absolute Gasteiger partial charge is 0.264 e. The van der Waals surface area contributed by atoms with Crippen molar-refractivity contribution < 1.29 is 10.2 Å². The maximum absolute atomic E-state index is 12.0. The zero-order chi connectivity index (χ0) is 15.1. The molecule has 0 aliphatic carbocycles. The van der Waals surface area contributed by atoms with Crippen molar-refractivity contribution in [3.05, 3.63) is 37.8 Å². The molecule has 0 fully saturated rings. The van der Waals surface area contributed by atoms with Gasteiger partial charge in [0.05, 0.1) is 5.69 Å². The van der Waals surface area contributed by atoms with E-state index in [0.29, 0.717) is 20.7 Å². The third-order valence-corrected chi connectivity index (χ3v) is 3.82. The summed E-state index contributed by atoms with van der Waals surface area (Å²) in [5.74, 6) is -0.0886. The van der Waals surface area contributed by atoms with Crippen LogP contribution < -0.4 is 5.56 Å². The van der Waals surface area contributed by atoms with Crippen molar-refractivity contribution in [2.45, 2.75) is 26.2 Å². The van der Waals surface area contributed by atoms with Crippen molar-refractivity contribution in [1.29, 1.82) is 0 Å². The minimum Gasteiger partial charge on any atom is -0.504 e. The van der Waals surface area contributed by atoms with E-state index < -0.39 is 0 Å². The standard InChI is InChI=1S/C14H15IN2O3/c1-14(2,3)11-10(15)13(20)17-12(16-11)7-4-5-8(18)9(19)6-7/h4-6,18-19H,1-3H3,(H,16,17,20). The van der Waals surface area contributed by atoms with Crippen molar-refractivity contribution in [2.24, 2.45) is 0 Å². The van der Waals surface area contributed by atoms with E-state index in [2.05, 4.69) is 9.97 Å². The fourth-order valence-corrected chi connectivity index (χ4v) is 2.83. The van der Waals surface area contributed by atoms with Crippen LogP contribution in [0.15, 0.2) is 23.0 Å². The molecule has 1 aromatic carbocycles. The summed E-state index contributed by atoms with van der Waals surface area (Å²) < 4.78 is 0.557. The average Bonchev–Trinajstić information content (AvgIpc) is 2.34. The second-order valence-electron chi connectivity index (χ2n) is 5.53. The molecule has 0 aliphatic heterocycles. The molecule has 0 saturated heterocycles. The number of aromatic hydroxyl groups is 2. The minimum absolute atomic E-state index is 0.211. The number of hydrogen-bond donors (Lipinski definition) is 3. The molecule has 0 atom stereocenters. The van der Waals surface area contributed by atoms with Crippen LogP contribution in [0.5, 0.6) is 11.5 Å². The Morgan fingerprint density at radius 1 is 1.20 bits per heavy atom. The number of aromatic nitrogens is 2. The van der Waals surface area contributed by atoms with Crippen molar-refractivity contribution in [3.63, 3.8) is 0 Å². The number of phenolic OH excluding ortho intramolecular Hbond substituents is 2. The second kappa shape index (κ2) is 5.08. The van der Waals surface area contributed by atoms with Gasteiger partial charge in [0.1, 0.15) is 9.39 Å². The molecule has 0 amide bonds. The first kappa shape index (κ1) is 14.8. The van der Waals surface area contributed by atoms with Gasteiger partial charge in [-0.2, -0.15) is 0 Å². The molecule has 2 rings (SSSR count). The van der Waals surface area contributed by atoms with Crippen LogP contribution in [0.3, 0.4) is 0 Å². The molecule has 106 valence electrons. The zero-order valence-electron chi connectivity index (χ0n) is 11.4. The molecular weight excluding hydrogens is 371 g/mol. The summed E-state index contributed by atoms with van der Waals surface area (Å²) in [5, 5.41) is 18.9. The van der Waals surface area contributed by atoms with Gasteiger partial charge in [-0.05, 0) is 40.8 Å². The fraction of sp³-hybridized carbons (Fsp3) is 0.286. The van der Waals surface area contributed by atoms with Gasteiger partial charge >= 0.3 is 0 Å². The molecule has 0 aliphatic rings. The number of phenols is 2. The maximum atomic E-state index is 12.0. The largest absolute Gasteiger partial charge is 0.504 e. The molecule has 5 nitrogen and oxygen atoms in total. The predicted molar refractivity (Wildman–Crippen MR) is 85.0 cm³/mol. The SMILES string of the molecule is CC(C)(C)c1nc(-c2ccc(O)c(O)c2)[nH]c(=O)c1I. The summed E-state index contributed by atoms with van der Waals surface area (Å²) in [4.78, 5) is 19.2.